The second-order valence-electron chi connectivity index (χ2n) is 8.89. The lowest BCUT2D eigenvalue weighted by Crippen LogP contribution is -2.49. The van der Waals surface area contributed by atoms with Crippen LogP contribution in [-0.2, 0) is 16.6 Å². The van der Waals surface area contributed by atoms with Crippen LogP contribution in [0.1, 0.15) is 66.1 Å². The number of fused-ring (bicyclic) bond motifs is 4. The van der Waals surface area contributed by atoms with Crippen LogP contribution in [-0.4, -0.2) is 29.3 Å². The first-order valence-electron chi connectivity index (χ1n) is 10.3. The molecule has 1 saturated heterocycles. The molecule has 0 spiro atoms. The highest BCUT2D eigenvalue weighted by Crippen LogP contribution is 2.42. The van der Waals surface area contributed by atoms with Crippen LogP contribution in [0.4, 0.5) is 5.69 Å². The van der Waals surface area contributed by atoms with E-state index in [9.17, 15) is 9.59 Å². The summed E-state index contributed by atoms with van der Waals surface area (Å²) in [7, 11) is 0. The average molecular weight is 374 g/mol. The Morgan fingerprint density at radius 1 is 1.14 bits per heavy atom. The molecule has 0 aromatic heterocycles. The van der Waals surface area contributed by atoms with Crippen LogP contribution in [0, 0.1) is 0 Å². The standard InChI is InChI=1S/C24H26N2O2/c1-24(2)19-14-16(9-11-20(19)25-23(24)28)22(27)26-13-5-8-18-17-7-4-3-6-15(17)10-12-21(18)26/h3-4,6-7,9,11,14,18,21H,5,8,10,12-13H2,1-2H3,(H,25,28)/t18?,21-/m0/s1. The smallest absolute Gasteiger partial charge is 0.254 e. The van der Waals surface area contributed by atoms with Crippen molar-refractivity contribution in [2.45, 2.75) is 56.9 Å². The summed E-state index contributed by atoms with van der Waals surface area (Å²) in [4.78, 5) is 27.8. The molecule has 0 bridgehead atoms. The molecule has 2 aromatic rings. The molecule has 2 atom stereocenters. The summed E-state index contributed by atoms with van der Waals surface area (Å²) in [6.07, 6.45) is 4.26. The number of anilines is 1. The number of benzene rings is 2. The van der Waals surface area contributed by atoms with Gasteiger partial charge in [-0.25, -0.2) is 0 Å². The molecule has 1 fully saturated rings. The summed E-state index contributed by atoms with van der Waals surface area (Å²) >= 11 is 0. The Kier molecular flexibility index (Phi) is 3.87. The number of nitrogens with zero attached hydrogens (tertiary/aromatic N) is 1. The molecule has 4 heteroatoms. The zero-order chi connectivity index (χ0) is 19.5. The largest absolute Gasteiger partial charge is 0.335 e. The Balaban J connectivity index is 1.47. The Morgan fingerprint density at radius 2 is 1.96 bits per heavy atom. The van der Waals surface area contributed by atoms with E-state index in [4.69, 9.17) is 0 Å². The van der Waals surface area contributed by atoms with Gasteiger partial charge in [-0.3, -0.25) is 9.59 Å². The maximum absolute atomic E-state index is 13.5. The van der Waals surface area contributed by atoms with Crippen LogP contribution in [0.25, 0.3) is 0 Å². The number of rotatable bonds is 1. The number of piperidine rings is 1. The highest BCUT2D eigenvalue weighted by Gasteiger charge is 2.41. The quantitative estimate of drug-likeness (QED) is 0.811. The van der Waals surface area contributed by atoms with Gasteiger partial charge in [0.15, 0.2) is 0 Å². The van der Waals surface area contributed by atoms with E-state index in [-0.39, 0.29) is 17.9 Å². The molecule has 1 aliphatic carbocycles. The lowest BCUT2D eigenvalue weighted by molar-refractivity contribution is -0.119. The highest BCUT2D eigenvalue weighted by molar-refractivity contribution is 6.07. The lowest BCUT2D eigenvalue weighted by atomic mass is 9.74. The third-order valence-electron chi connectivity index (χ3n) is 6.96. The molecule has 2 amide bonds. The Morgan fingerprint density at radius 3 is 2.82 bits per heavy atom. The van der Waals surface area contributed by atoms with Crippen molar-refractivity contribution in [2.75, 3.05) is 11.9 Å². The second kappa shape index (κ2) is 6.20. The monoisotopic (exact) mass is 374 g/mol. The number of carbonyl (C=O) groups is 2. The third-order valence-corrected chi connectivity index (χ3v) is 6.96. The van der Waals surface area contributed by atoms with E-state index in [0.717, 1.165) is 43.5 Å². The molecular weight excluding hydrogens is 348 g/mol. The fourth-order valence-corrected chi connectivity index (χ4v) is 5.33. The molecule has 2 aromatic carbocycles. The fraction of sp³-hybridized carbons (Fsp3) is 0.417. The SMILES string of the molecule is CC1(C)C(=O)Nc2ccc(C(=O)N3CCCC4c5ccccc5CC[C@@H]43)cc21. The zero-order valence-electron chi connectivity index (χ0n) is 16.5. The molecule has 0 saturated carbocycles. The summed E-state index contributed by atoms with van der Waals surface area (Å²) in [6, 6.07) is 14.7. The first-order valence-corrected chi connectivity index (χ1v) is 10.3. The number of amides is 2. The van der Waals surface area contributed by atoms with Crippen LogP contribution >= 0.6 is 0 Å². The molecule has 4 nitrogen and oxygen atoms in total. The van der Waals surface area contributed by atoms with E-state index in [1.807, 2.05) is 32.0 Å². The van der Waals surface area contributed by atoms with Gasteiger partial charge in [0.1, 0.15) is 0 Å². The minimum atomic E-state index is -0.597. The van der Waals surface area contributed by atoms with Crippen molar-refractivity contribution in [3.05, 3.63) is 64.7 Å². The van der Waals surface area contributed by atoms with E-state index in [1.54, 1.807) is 0 Å². The second-order valence-corrected chi connectivity index (χ2v) is 8.89. The molecule has 5 rings (SSSR count). The Hall–Kier alpha value is -2.62. The molecule has 2 heterocycles. The van der Waals surface area contributed by atoms with Gasteiger partial charge in [0, 0.05) is 29.8 Å². The maximum atomic E-state index is 13.5. The number of hydrogen-bond donors (Lipinski definition) is 1. The molecule has 1 N–H and O–H groups in total. The average Bonchev–Trinajstić information content (AvgIpc) is 2.95. The van der Waals surface area contributed by atoms with Crippen molar-refractivity contribution in [1.82, 2.24) is 4.90 Å². The van der Waals surface area contributed by atoms with Crippen LogP contribution < -0.4 is 5.32 Å². The van der Waals surface area contributed by atoms with E-state index in [2.05, 4.69) is 34.5 Å². The van der Waals surface area contributed by atoms with Crippen LogP contribution in [0.5, 0.6) is 0 Å². The van der Waals surface area contributed by atoms with Gasteiger partial charge in [-0.1, -0.05) is 24.3 Å². The van der Waals surface area contributed by atoms with Gasteiger partial charge in [-0.15, -0.1) is 0 Å². The van der Waals surface area contributed by atoms with Crippen molar-refractivity contribution in [3.8, 4) is 0 Å². The first-order chi connectivity index (χ1) is 13.5. The van der Waals surface area contributed by atoms with Crippen molar-refractivity contribution < 1.29 is 9.59 Å². The predicted molar refractivity (Wildman–Crippen MR) is 110 cm³/mol. The van der Waals surface area contributed by atoms with E-state index in [0.29, 0.717) is 11.5 Å². The van der Waals surface area contributed by atoms with E-state index < -0.39 is 5.41 Å². The van der Waals surface area contributed by atoms with Crippen LogP contribution in [0.2, 0.25) is 0 Å². The fourth-order valence-electron chi connectivity index (χ4n) is 5.33. The molecular formula is C24H26N2O2. The van der Waals surface area contributed by atoms with Gasteiger partial charge in [0.2, 0.25) is 5.91 Å². The van der Waals surface area contributed by atoms with E-state index >= 15 is 0 Å². The summed E-state index contributed by atoms with van der Waals surface area (Å²) < 4.78 is 0. The summed E-state index contributed by atoms with van der Waals surface area (Å²) in [6.45, 7) is 4.65. The summed E-state index contributed by atoms with van der Waals surface area (Å²) in [5, 5.41) is 2.93. The number of nitrogens with one attached hydrogen (secondary N) is 1. The first kappa shape index (κ1) is 17.5. The van der Waals surface area contributed by atoms with Crippen molar-refractivity contribution in [2.24, 2.45) is 0 Å². The highest BCUT2D eigenvalue weighted by atomic mass is 16.2. The minimum Gasteiger partial charge on any atom is -0.335 e. The molecule has 144 valence electrons. The zero-order valence-corrected chi connectivity index (χ0v) is 16.5. The maximum Gasteiger partial charge on any atom is 0.254 e. The van der Waals surface area contributed by atoms with Crippen molar-refractivity contribution in [3.63, 3.8) is 0 Å². The van der Waals surface area contributed by atoms with Crippen molar-refractivity contribution >= 4 is 17.5 Å². The van der Waals surface area contributed by atoms with Gasteiger partial charge in [-0.05, 0) is 74.4 Å². The van der Waals surface area contributed by atoms with E-state index in [1.165, 1.54) is 11.1 Å². The normalized spacial score (nSPS) is 24.8. The Bertz CT molecular complexity index is 978. The molecule has 2 aliphatic heterocycles. The summed E-state index contributed by atoms with van der Waals surface area (Å²) in [5.74, 6) is 0.540. The molecule has 0 radical (unpaired) electrons. The van der Waals surface area contributed by atoms with Gasteiger partial charge < -0.3 is 10.2 Å². The molecule has 3 aliphatic rings. The van der Waals surface area contributed by atoms with Gasteiger partial charge in [-0.2, -0.15) is 0 Å². The number of aryl methyl sites for hydroxylation is 1. The molecule has 28 heavy (non-hydrogen) atoms. The third kappa shape index (κ3) is 2.50. The minimum absolute atomic E-state index is 0.00553. The van der Waals surface area contributed by atoms with Gasteiger partial charge in [0.25, 0.3) is 5.91 Å². The summed E-state index contributed by atoms with van der Waals surface area (Å²) in [5.41, 5.74) is 4.73. The van der Waals surface area contributed by atoms with Crippen LogP contribution in [0.15, 0.2) is 42.5 Å². The topological polar surface area (TPSA) is 49.4 Å². The predicted octanol–water partition coefficient (Wildman–Crippen LogP) is 4.25. The lowest BCUT2D eigenvalue weighted by Gasteiger charge is -2.45. The van der Waals surface area contributed by atoms with Crippen LogP contribution in [0.3, 0.4) is 0 Å². The number of likely N-dealkylation sites (tertiary alicyclic amines) is 1. The van der Waals surface area contributed by atoms with Gasteiger partial charge >= 0.3 is 0 Å². The Labute approximate surface area is 165 Å². The number of hydrogen-bond acceptors (Lipinski definition) is 2. The van der Waals surface area contributed by atoms with Gasteiger partial charge in [0.05, 0.1) is 5.41 Å². The number of carbonyl (C=O) groups excluding carboxylic acids is 2. The molecule has 1 unspecified atom stereocenters. The van der Waals surface area contributed by atoms with Crippen molar-refractivity contribution in [1.29, 1.82) is 0 Å².